The summed E-state index contributed by atoms with van der Waals surface area (Å²) >= 11 is 0. The standard InChI is InChI=1S/C26H34FNO5/c1-16-14-26-7-5-10-28(26)11-6-17-12-19-20(32-15-31-19)13-18(17)21(26)22(16)33-23(29)25(4,30)9-8-24(2,3)27/h12-14,21-22,30H,5-11,15H2,1-4H3/t21-,22?,25+,26-/m1/s1. The molecule has 0 aromatic heterocycles. The van der Waals surface area contributed by atoms with Gasteiger partial charge in [-0.2, -0.15) is 0 Å². The number of ether oxygens (including phenoxy) is 3. The van der Waals surface area contributed by atoms with E-state index in [0.717, 1.165) is 55.0 Å². The number of rotatable bonds is 5. The molecule has 1 aliphatic carbocycles. The Morgan fingerprint density at radius 1 is 1.24 bits per heavy atom. The van der Waals surface area contributed by atoms with Crippen molar-refractivity contribution in [2.45, 2.75) is 88.6 Å². The number of carbonyl (C=O) groups is 1. The summed E-state index contributed by atoms with van der Waals surface area (Å²) < 4.78 is 31.4. The maximum Gasteiger partial charge on any atom is 0.338 e. The van der Waals surface area contributed by atoms with Crippen molar-refractivity contribution in [2.75, 3.05) is 19.9 Å². The van der Waals surface area contributed by atoms with Crippen LogP contribution in [0.25, 0.3) is 0 Å². The van der Waals surface area contributed by atoms with Gasteiger partial charge in [0.25, 0.3) is 0 Å². The van der Waals surface area contributed by atoms with Crippen LogP contribution in [-0.2, 0) is 16.0 Å². The summed E-state index contributed by atoms with van der Waals surface area (Å²) in [4.78, 5) is 15.7. The highest BCUT2D eigenvalue weighted by Crippen LogP contribution is 2.55. The third-order valence-corrected chi connectivity index (χ3v) is 7.86. The SMILES string of the molecule is CC1=C[C@@]23CCCN2CCc2cc4c(cc2[C@@H]3C1OC(=O)[C@@](C)(O)CCC(C)(C)F)OCO4. The second kappa shape index (κ2) is 7.70. The van der Waals surface area contributed by atoms with Crippen LogP contribution < -0.4 is 9.47 Å². The molecule has 33 heavy (non-hydrogen) atoms. The number of hydrogen-bond donors (Lipinski definition) is 1. The molecule has 1 spiro atoms. The number of benzene rings is 1. The van der Waals surface area contributed by atoms with Gasteiger partial charge in [0, 0.05) is 12.5 Å². The number of fused-ring (bicyclic) bond motifs is 3. The molecule has 1 saturated heterocycles. The van der Waals surface area contributed by atoms with E-state index in [0.29, 0.717) is 0 Å². The van der Waals surface area contributed by atoms with Gasteiger partial charge >= 0.3 is 5.97 Å². The Bertz CT molecular complexity index is 997. The molecule has 180 valence electrons. The van der Waals surface area contributed by atoms with Gasteiger partial charge in [0.2, 0.25) is 6.79 Å². The highest BCUT2D eigenvalue weighted by Gasteiger charge is 2.57. The molecule has 1 unspecified atom stereocenters. The molecule has 3 aliphatic heterocycles. The first kappa shape index (κ1) is 22.7. The minimum atomic E-state index is -1.75. The first-order valence-corrected chi connectivity index (χ1v) is 12.0. The molecule has 1 N–H and O–H groups in total. The van der Waals surface area contributed by atoms with E-state index in [4.69, 9.17) is 14.2 Å². The van der Waals surface area contributed by atoms with Crippen molar-refractivity contribution in [3.05, 3.63) is 34.9 Å². The van der Waals surface area contributed by atoms with E-state index < -0.39 is 23.3 Å². The molecule has 4 atom stereocenters. The van der Waals surface area contributed by atoms with E-state index >= 15 is 0 Å². The molecule has 1 aromatic carbocycles. The highest BCUT2D eigenvalue weighted by molar-refractivity contribution is 5.79. The maximum absolute atomic E-state index is 14.0. The molecule has 3 heterocycles. The number of aliphatic hydroxyl groups is 1. The summed E-state index contributed by atoms with van der Waals surface area (Å²) in [5, 5.41) is 10.8. The monoisotopic (exact) mass is 459 g/mol. The fraction of sp³-hybridized carbons (Fsp3) is 0.654. The van der Waals surface area contributed by atoms with E-state index in [9.17, 15) is 14.3 Å². The van der Waals surface area contributed by atoms with Crippen LogP contribution >= 0.6 is 0 Å². The first-order chi connectivity index (χ1) is 15.5. The zero-order chi connectivity index (χ0) is 23.6. The summed E-state index contributed by atoms with van der Waals surface area (Å²) in [6.07, 6.45) is 4.82. The minimum Gasteiger partial charge on any atom is -0.455 e. The van der Waals surface area contributed by atoms with Crippen LogP contribution in [0.3, 0.4) is 0 Å². The zero-order valence-electron chi connectivity index (χ0n) is 19.9. The smallest absolute Gasteiger partial charge is 0.338 e. The lowest BCUT2D eigenvalue weighted by Gasteiger charge is -2.40. The van der Waals surface area contributed by atoms with Gasteiger partial charge in [0.1, 0.15) is 11.8 Å². The van der Waals surface area contributed by atoms with Crippen LogP contribution in [0, 0.1) is 0 Å². The largest absolute Gasteiger partial charge is 0.455 e. The summed E-state index contributed by atoms with van der Waals surface area (Å²) in [7, 11) is 0. The summed E-state index contributed by atoms with van der Waals surface area (Å²) in [6.45, 7) is 8.47. The van der Waals surface area contributed by atoms with Crippen molar-refractivity contribution in [3.8, 4) is 11.5 Å². The molecular weight excluding hydrogens is 425 g/mol. The number of hydrogen-bond acceptors (Lipinski definition) is 6. The Morgan fingerprint density at radius 2 is 1.97 bits per heavy atom. The fourth-order valence-electron chi connectivity index (χ4n) is 6.09. The average Bonchev–Trinajstić information content (AvgIpc) is 3.40. The third-order valence-electron chi connectivity index (χ3n) is 7.86. The van der Waals surface area contributed by atoms with Gasteiger partial charge in [-0.25, -0.2) is 9.18 Å². The number of carbonyl (C=O) groups excluding carboxylic acids is 1. The fourth-order valence-corrected chi connectivity index (χ4v) is 6.09. The third kappa shape index (κ3) is 3.83. The lowest BCUT2D eigenvalue weighted by Crippen LogP contribution is -2.48. The Hall–Kier alpha value is -2.12. The van der Waals surface area contributed by atoms with E-state index in [1.54, 1.807) is 0 Å². The van der Waals surface area contributed by atoms with E-state index in [2.05, 4.69) is 23.1 Å². The van der Waals surface area contributed by atoms with Crippen LogP contribution in [-0.4, -0.2) is 58.8 Å². The zero-order valence-corrected chi connectivity index (χ0v) is 19.9. The van der Waals surface area contributed by atoms with E-state index in [-0.39, 0.29) is 31.1 Å². The van der Waals surface area contributed by atoms with Crippen molar-refractivity contribution in [1.82, 2.24) is 4.90 Å². The normalized spacial score (nSPS) is 30.1. The molecule has 7 heteroatoms. The van der Waals surface area contributed by atoms with Gasteiger partial charge in [-0.15, -0.1) is 0 Å². The van der Waals surface area contributed by atoms with Gasteiger partial charge < -0.3 is 19.3 Å². The average molecular weight is 460 g/mol. The van der Waals surface area contributed by atoms with Crippen molar-refractivity contribution < 1.29 is 28.5 Å². The molecule has 6 nitrogen and oxygen atoms in total. The minimum absolute atomic E-state index is 0.00201. The topological polar surface area (TPSA) is 68.2 Å². The van der Waals surface area contributed by atoms with Crippen LogP contribution in [0.4, 0.5) is 4.39 Å². The molecule has 4 aliphatic rings. The molecule has 5 rings (SSSR count). The lowest BCUT2D eigenvalue weighted by atomic mass is 9.77. The van der Waals surface area contributed by atoms with Gasteiger partial charge in [0.15, 0.2) is 17.1 Å². The summed E-state index contributed by atoms with van der Waals surface area (Å²) in [5.41, 5.74) is -0.137. The summed E-state index contributed by atoms with van der Waals surface area (Å²) in [5.74, 6) is 0.696. The van der Waals surface area contributed by atoms with Crippen molar-refractivity contribution in [3.63, 3.8) is 0 Å². The van der Waals surface area contributed by atoms with Crippen molar-refractivity contribution in [1.29, 1.82) is 0 Å². The van der Waals surface area contributed by atoms with Gasteiger partial charge in [-0.05, 0) is 95.2 Å². The predicted octanol–water partition coefficient (Wildman–Crippen LogP) is 4.04. The predicted molar refractivity (Wildman–Crippen MR) is 121 cm³/mol. The molecule has 1 aromatic rings. The first-order valence-electron chi connectivity index (χ1n) is 12.0. The van der Waals surface area contributed by atoms with Gasteiger partial charge in [-0.1, -0.05) is 6.08 Å². The Balaban J connectivity index is 1.50. The number of alkyl halides is 1. The molecule has 0 saturated carbocycles. The second-order valence-electron chi connectivity index (χ2n) is 10.9. The van der Waals surface area contributed by atoms with Crippen LogP contribution in [0.1, 0.15) is 70.4 Å². The Morgan fingerprint density at radius 3 is 2.70 bits per heavy atom. The number of nitrogens with zero attached hydrogens (tertiary/aromatic N) is 1. The van der Waals surface area contributed by atoms with Crippen LogP contribution in [0.15, 0.2) is 23.8 Å². The number of esters is 1. The van der Waals surface area contributed by atoms with Gasteiger partial charge in [-0.3, -0.25) is 4.90 Å². The molecular formula is C26H34FNO5. The van der Waals surface area contributed by atoms with Crippen molar-refractivity contribution >= 4 is 5.97 Å². The summed E-state index contributed by atoms with van der Waals surface area (Å²) in [6, 6.07) is 4.13. The lowest BCUT2D eigenvalue weighted by molar-refractivity contribution is -0.170. The number of halogens is 1. The molecule has 1 fully saturated rings. The maximum atomic E-state index is 14.0. The quantitative estimate of drug-likeness (QED) is 0.530. The highest BCUT2D eigenvalue weighted by atomic mass is 19.1. The van der Waals surface area contributed by atoms with Gasteiger partial charge in [0.05, 0.1) is 5.54 Å². The molecule has 0 bridgehead atoms. The second-order valence-corrected chi connectivity index (χ2v) is 10.9. The van der Waals surface area contributed by atoms with Crippen molar-refractivity contribution in [2.24, 2.45) is 0 Å². The Kier molecular flexibility index (Phi) is 5.29. The Labute approximate surface area is 194 Å². The van der Waals surface area contributed by atoms with E-state index in [1.807, 2.05) is 6.92 Å². The molecule has 0 amide bonds. The van der Waals surface area contributed by atoms with E-state index in [1.165, 1.54) is 26.3 Å². The molecule has 0 radical (unpaired) electrons. The van der Waals surface area contributed by atoms with Crippen LogP contribution in [0.2, 0.25) is 0 Å². The van der Waals surface area contributed by atoms with Crippen LogP contribution in [0.5, 0.6) is 11.5 Å².